The summed E-state index contributed by atoms with van der Waals surface area (Å²) in [6, 6.07) is 8.32. The van der Waals surface area contributed by atoms with E-state index in [2.05, 4.69) is 35.2 Å². The molecule has 0 aromatic carbocycles. The predicted octanol–water partition coefficient (Wildman–Crippen LogP) is 3.27. The number of aryl methyl sites for hydroxylation is 1. The number of pyridine rings is 1. The van der Waals surface area contributed by atoms with E-state index in [0.717, 1.165) is 30.3 Å². The Labute approximate surface area is 130 Å². The molecule has 3 aromatic rings. The maximum Gasteiger partial charge on any atom is 0.138 e. The maximum absolute atomic E-state index is 5.78. The van der Waals surface area contributed by atoms with Crippen molar-refractivity contribution in [1.82, 2.24) is 19.9 Å². The van der Waals surface area contributed by atoms with Crippen molar-refractivity contribution in [2.45, 2.75) is 32.9 Å². The van der Waals surface area contributed by atoms with Crippen molar-refractivity contribution in [3.63, 3.8) is 0 Å². The third-order valence-electron chi connectivity index (χ3n) is 3.65. The molecule has 5 nitrogen and oxygen atoms in total. The Kier molecular flexibility index (Phi) is 4.34. The lowest BCUT2D eigenvalue weighted by Crippen LogP contribution is -2.17. The zero-order valence-corrected chi connectivity index (χ0v) is 12.9. The first kappa shape index (κ1) is 14.5. The van der Waals surface area contributed by atoms with Gasteiger partial charge in [0.2, 0.25) is 0 Å². The van der Waals surface area contributed by atoms with Crippen LogP contribution in [0.3, 0.4) is 0 Å². The second-order valence-corrected chi connectivity index (χ2v) is 5.25. The van der Waals surface area contributed by atoms with E-state index in [1.165, 1.54) is 5.56 Å². The molecule has 3 heterocycles. The zero-order valence-electron chi connectivity index (χ0n) is 12.9. The molecule has 0 aliphatic rings. The Bertz CT molecular complexity index is 718. The van der Waals surface area contributed by atoms with Gasteiger partial charge in [0.15, 0.2) is 0 Å². The Hall–Kier alpha value is -2.40. The summed E-state index contributed by atoms with van der Waals surface area (Å²) in [5, 5.41) is 3.48. The fraction of sp³-hybridized carbons (Fsp3) is 0.294. The Balaban J connectivity index is 1.65. The number of hydrogen-bond acceptors (Lipinski definition) is 4. The fourth-order valence-corrected chi connectivity index (χ4v) is 2.30. The van der Waals surface area contributed by atoms with Crippen molar-refractivity contribution in [3.8, 4) is 5.82 Å². The number of nitrogens with one attached hydrogen (secondary N) is 1. The van der Waals surface area contributed by atoms with Gasteiger partial charge in [-0.3, -0.25) is 4.57 Å². The number of nitrogens with zero attached hydrogens (tertiary/aromatic N) is 3. The van der Waals surface area contributed by atoms with Crippen LogP contribution >= 0.6 is 0 Å². The summed E-state index contributed by atoms with van der Waals surface area (Å²) in [5.74, 6) is 2.87. The Morgan fingerprint density at radius 3 is 2.91 bits per heavy atom. The number of rotatable bonds is 6. The van der Waals surface area contributed by atoms with Crippen molar-refractivity contribution in [2.24, 2.45) is 0 Å². The zero-order chi connectivity index (χ0) is 15.4. The van der Waals surface area contributed by atoms with Crippen molar-refractivity contribution in [1.29, 1.82) is 0 Å². The van der Waals surface area contributed by atoms with Crippen LogP contribution in [0.5, 0.6) is 0 Å². The summed E-state index contributed by atoms with van der Waals surface area (Å²) >= 11 is 0. The van der Waals surface area contributed by atoms with Gasteiger partial charge in [0.05, 0.1) is 6.04 Å². The molecule has 0 spiro atoms. The van der Waals surface area contributed by atoms with E-state index in [1.807, 2.05) is 35.2 Å². The molecular weight excluding hydrogens is 276 g/mol. The molecule has 1 atom stereocenters. The fourth-order valence-electron chi connectivity index (χ4n) is 2.30. The van der Waals surface area contributed by atoms with E-state index < -0.39 is 0 Å². The molecule has 0 radical (unpaired) electrons. The van der Waals surface area contributed by atoms with Crippen LogP contribution in [0.2, 0.25) is 0 Å². The van der Waals surface area contributed by atoms with Gasteiger partial charge in [-0.05, 0) is 36.8 Å². The number of furan rings is 1. The van der Waals surface area contributed by atoms with Gasteiger partial charge in [0, 0.05) is 31.6 Å². The average molecular weight is 296 g/mol. The second-order valence-electron chi connectivity index (χ2n) is 5.25. The third kappa shape index (κ3) is 3.26. The summed E-state index contributed by atoms with van der Waals surface area (Å²) in [5.41, 5.74) is 1.17. The van der Waals surface area contributed by atoms with E-state index in [0.29, 0.717) is 0 Å². The minimum atomic E-state index is 0.171. The largest absolute Gasteiger partial charge is 0.464 e. The topological polar surface area (TPSA) is 55.9 Å². The van der Waals surface area contributed by atoms with Crippen LogP contribution in [-0.2, 0) is 13.0 Å². The minimum Gasteiger partial charge on any atom is -0.464 e. The minimum absolute atomic E-state index is 0.171. The molecule has 0 aliphatic carbocycles. The van der Waals surface area contributed by atoms with Crippen LogP contribution < -0.4 is 5.32 Å². The highest BCUT2D eigenvalue weighted by atomic mass is 16.3. The van der Waals surface area contributed by atoms with Crippen LogP contribution in [-0.4, -0.2) is 14.5 Å². The van der Waals surface area contributed by atoms with Crippen molar-refractivity contribution in [3.05, 3.63) is 66.3 Å². The number of imidazole rings is 1. The first-order valence-electron chi connectivity index (χ1n) is 7.51. The van der Waals surface area contributed by atoms with Crippen LogP contribution in [0.1, 0.15) is 37.0 Å². The smallest absolute Gasteiger partial charge is 0.138 e. The monoisotopic (exact) mass is 296 g/mol. The first-order valence-corrected chi connectivity index (χ1v) is 7.51. The van der Waals surface area contributed by atoms with Gasteiger partial charge in [-0.1, -0.05) is 6.92 Å². The van der Waals surface area contributed by atoms with E-state index >= 15 is 0 Å². The summed E-state index contributed by atoms with van der Waals surface area (Å²) in [6.45, 7) is 4.96. The molecule has 22 heavy (non-hydrogen) atoms. The average Bonchev–Trinajstić information content (AvgIpc) is 3.24. The highest BCUT2D eigenvalue weighted by Crippen LogP contribution is 2.17. The van der Waals surface area contributed by atoms with Gasteiger partial charge in [0.25, 0.3) is 0 Å². The maximum atomic E-state index is 5.78. The van der Waals surface area contributed by atoms with Crippen LogP contribution in [0.15, 0.2) is 53.6 Å². The predicted molar refractivity (Wildman–Crippen MR) is 84.7 cm³/mol. The first-order chi connectivity index (χ1) is 10.8. The molecular formula is C17H20N4O. The molecule has 114 valence electrons. The van der Waals surface area contributed by atoms with Gasteiger partial charge in [-0.25, -0.2) is 9.97 Å². The van der Waals surface area contributed by atoms with Gasteiger partial charge in [-0.15, -0.1) is 0 Å². The van der Waals surface area contributed by atoms with E-state index in [4.69, 9.17) is 4.42 Å². The van der Waals surface area contributed by atoms with E-state index in [9.17, 15) is 0 Å². The Morgan fingerprint density at radius 2 is 2.18 bits per heavy atom. The summed E-state index contributed by atoms with van der Waals surface area (Å²) in [4.78, 5) is 8.41. The molecule has 0 saturated heterocycles. The van der Waals surface area contributed by atoms with E-state index in [1.54, 1.807) is 12.5 Å². The molecule has 0 aliphatic heterocycles. The Morgan fingerprint density at radius 1 is 1.27 bits per heavy atom. The molecule has 3 aromatic heterocycles. The third-order valence-corrected chi connectivity index (χ3v) is 3.65. The second kappa shape index (κ2) is 6.58. The molecule has 1 unspecified atom stereocenters. The highest BCUT2D eigenvalue weighted by molar-refractivity contribution is 5.27. The summed E-state index contributed by atoms with van der Waals surface area (Å²) in [6.07, 6.45) is 8.12. The molecule has 1 N–H and O–H groups in total. The van der Waals surface area contributed by atoms with Crippen molar-refractivity contribution >= 4 is 0 Å². The molecule has 0 saturated carbocycles. The molecule has 0 amide bonds. The van der Waals surface area contributed by atoms with Gasteiger partial charge in [-0.2, -0.15) is 0 Å². The van der Waals surface area contributed by atoms with E-state index in [-0.39, 0.29) is 6.04 Å². The number of hydrogen-bond donors (Lipinski definition) is 1. The standard InChI is InChI=1S/C17H20N4O/c1-3-15-4-5-16(22-15)13(2)20-11-14-6-7-19-17(10-14)21-9-8-18-12-21/h4-10,12-13,20H,3,11H2,1-2H3. The molecule has 0 bridgehead atoms. The highest BCUT2D eigenvalue weighted by Gasteiger charge is 2.09. The normalized spacial score (nSPS) is 12.5. The van der Waals surface area contributed by atoms with Crippen LogP contribution in [0, 0.1) is 0 Å². The van der Waals surface area contributed by atoms with Crippen LogP contribution in [0.4, 0.5) is 0 Å². The lowest BCUT2D eigenvalue weighted by Gasteiger charge is -2.12. The molecule has 5 heteroatoms. The quantitative estimate of drug-likeness (QED) is 0.758. The van der Waals surface area contributed by atoms with Gasteiger partial charge < -0.3 is 9.73 Å². The number of aromatic nitrogens is 3. The SMILES string of the molecule is CCc1ccc(C(C)NCc2ccnc(-n3ccnc3)c2)o1. The summed E-state index contributed by atoms with van der Waals surface area (Å²) in [7, 11) is 0. The summed E-state index contributed by atoms with van der Waals surface area (Å²) < 4.78 is 7.67. The molecule has 3 rings (SSSR count). The van der Waals surface area contributed by atoms with Gasteiger partial charge >= 0.3 is 0 Å². The lowest BCUT2D eigenvalue weighted by atomic mass is 10.2. The van der Waals surface area contributed by atoms with Crippen LogP contribution in [0.25, 0.3) is 5.82 Å². The lowest BCUT2D eigenvalue weighted by molar-refractivity contribution is 0.408. The van der Waals surface area contributed by atoms with Gasteiger partial charge in [0.1, 0.15) is 23.7 Å². The molecule has 0 fully saturated rings. The van der Waals surface area contributed by atoms with Crippen molar-refractivity contribution < 1.29 is 4.42 Å². The van der Waals surface area contributed by atoms with Crippen molar-refractivity contribution in [2.75, 3.05) is 0 Å².